The number of benzene rings is 2. The molecule has 0 aliphatic carbocycles. The monoisotopic (exact) mass is 312 g/mol. The number of halogens is 2. The second-order valence-corrected chi connectivity index (χ2v) is 4.77. The van der Waals surface area contributed by atoms with E-state index in [9.17, 15) is 10.1 Å². The maximum atomic E-state index is 10.7. The first kappa shape index (κ1) is 14.6. The Balaban J connectivity index is 2.33. The van der Waals surface area contributed by atoms with Crippen molar-refractivity contribution in [1.29, 1.82) is 0 Å². The van der Waals surface area contributed by atoms with Crippen LogP contribution in [0.15, 0.2) is 36.4 Å². The zero-order chi connectivity index (χ0) is 14.7. The van der Waals surface area contributed by atoms with Gasteiger partial charge in [-0.1, -0.05) is 29.3 Å². The summed E-state index contributed by atoms with van der Waals surface area (Å²) in [5.41, 5.74) is 6.20. The first-order valence-electron chi connectivity index (χ1n) is 5.61. The minimum atomic E-state index is -0.559. The number of nitro benzene ring substituents is 1. The van der Waals surface area contributed by atoms with Crippen molar-refractivity contribution in [3.8, 4) is 11.5 Å². The highest BCUT2D eigenvalue weighted by Crippen LogP contribution is 2.33. The van der Waals surface area contributed by atoms with Gasteiger partial charge in [0.15, 0.2) is 0 Å². The molecule has 0 heterocycles. The van der Waals surface area contributed by atoms with E-state index < -0.39 is 4.92 Å². The predicted octanol–water partition coefficient (Wildman–Crippen LogP) is 4.15. The van der Waals surface area contributed by atoms with Crippen LogP contribution < -0.4 is 10.5 Å². The van der Waals surface area contributed by atoms with Gasteiger partial charge in [0.2, 0.25) is 0 Å². The minimum absolute atomic E-state index is 0.00354. The molecule has 0 unspecified atom stereocenters. The maximum absolute atomic E-state index is 10.7. The van der Waals surface area contributed by atoms with Gasteiger partial charge in [-0.15, -0.1) is 0 Å². The first-order valence-corrected chi connectivity index (χ1v) is 6.37. The second-order valence-electron chi connectivity index (χ2n) is 3.93. The van der Waals surface area contributed by atoms with Gasteiger partial charge in [0.05, 0.1) is 4.92 Å². The molecule has 0 fully saturated rings. The third-order valence-corrected chi connectivity index (χ3v) is 3.13. The summed E-state index contributed by atoms with van der Waals surface area (Å²) in [7, 11) is 0. The van der Waals surface area contributed by atoms with Crippen LogP contribution in [0.25, 0.3) is 0 Å². The molecule has 0 atom stereocenters. The molecule has 7 heteroatoms. The average molecular weight is 313 g/mol. The molecule has 104 valence electrons. The quantitative estimate of drug-likeness (QED) is 0.679. The standard InChI is InChI=1S/C13H10Cl2N2O3/c14-9-2-1-8(7-16)13(5-9)20-10-3-4-12(17(18)19)11(15)6-10/h1-6H,7,16H2. The van der Waals surface area contributed by atoms with E-state index in [0.717, 1.165) is 5.56 Å². The highest BCUT2D eigenvalue weighted by Gasteiger charge is 2.13. The van der Waals surface area contributed by atoms with E-state index in [-0.39, 0.29) is 17.3 Å². The Labute approximate surface area is 125 Å². The number of nitrogens with zero attached hydrogens (tertiary/aromatic N) is 1. The molecular weight excluding hydrogens is 303 g/mol. The lowest BCUT2D eigenvalue weighted by molar-refractivity contribution is -0.384. The molecule has 0 aromatic heterocycles. The van der Waals surface area contributed by atoms with Crippen molar-refractivity contribution in [3.63, 3.8) is 0 Å². The van der Waals surface area contributed by atoms with Crippen LogP contribution in [0.1, 0.15) is 5.56 Å². The third kappa shape index (κ3) is 3.19. The van der Waals surface area contributed by atoms with Crippen LogP contribution in [0, 0.1) is 10.1 Å². The molecule has 20 heavy (non-hydrogen) atoms. The fourth-order valence-corrected chi connectivity index (χ4v) is 2.02. The fraction of sp³-hybridized carbons (Fsp3) is 0.0769. The van der Waals surface area contributed by atoms with Crippen molar-refractivity contribution in [2.75, 3.05) is 0 Å². The van der Waals surface area contributed by atoms with Gasteiger partial charge in [-0.05, 0) is 18.2 Å². The van der Waals surface area contributed by atoms with E-state index in [4.69, 9.17) is 33.7 Å². The predicted molar refractivity (Wildman–Crippen MR) is 77.5 cm³/mol. The topological polar surface area (TPSA) is 78.4 Å². The van der Waals surface area contributed by atoms with E-state index in [2.05, 4.69) is 0 Å². The number of nitrogens with two attached hydrogens (primary N) is 1. The molecular formula is C13H10Cl2N2O3. The molecule has 0 saturated heterocycles. The Bertz CT molecular complexity index is 662. The lowest BCUT2D eigenvalue weighted by Crippen LogP contribution is -1.99. The van der Waals surface area contributed by atoms with Crippen LogP contribution in [-0.2, 0) is 6.54 Å². The molecule has 0 amide bonds. The van der Waals surface area contributed by atoms with Crippen LogP contribution in [0.5, 0.6) is 11.5 Å². The third-order valence-electron chi connectivity index (χ3n) is 2.59. The number of hydrogen-bond acceptors (Lipinski definition) is 4. The van der Waals surface area contributed by atoms with Crippen LogP contribution in [0.4, 0.5) is 5.69 Å². The summed E-state index contributed by atoms with van der Waals surface area (Å²) in [5, 5.41) is 11.2. The second kappa shape index (κ2) is 6.09. The molecule has 0 aliphatic rings. The van der Waals surface area contributed by atoms with Crippen LogP contribution in [-0.4, -0.2) is 4.92 Å². The Morgan fingerprint density at radius 3 is 2.55 bits per heavy atom. The Kier molecular flexibility index (Phi) is 4.44. The van der Waals surface area contributed by atoms with Crippen molar-refractivity contribution < 1.29 is 9.66 Å². The van der Waals surface area contributed by atoms with Gasteiger partial charge in [-0.25, -0.2) is 0 Å². The van der Waals surface area contributed by atoms with Crippen molar-refractivity contribution in [2.24, 2.45) is 5.73 Å². The summed E-state index contributed by atoms with van der Waals surface area (Å²) in [6, 6.07) is 9.21. The molecule has 5 nitrogen and oxygen atoms in total. The zero-order valence-electron chi connectivity index (χ0n) is 10.2. The van der Waals surface area contributed by atoms with Crippen molar-refractivity contribution >= 4 is 28.9 Å². The molecule has 0 saturated carbocycles. The van der Waals surface area contributed by atoms with E-state index in [1.54, 1.807) is 18.2 Å². The smallest absolute Gasteiger partial charge is 0.288 e. The molecule has 0 radical (unpaired) electrons. The zero-order valence-corrected chi connectivity index (χ0v) is 11.7. The summed E-state index contributed by atoms with van der Waals surface area (Å²) in [4.78, 5) is 10.1. The van der Waals surface area contributed by atoms with Crippen LogP contribution in [0.3, 0.4) is 0 Å². The SMILES string of the molecule is NCc1ccc(Cl)cc1Oc1ccc([N+](=O)[O-])c(Cl)c1. The van der Waals surface area contributed by atoms with Gasteiger partial charge < -0.3 is 10.5 Å². The van der Waals surface area contributed by atoms with Crippen molar-refractivity contribution in [1.82, 2.24) is 0 Å². The number of hydrogen-bond donors (Lipinski definition) is 1. The fourth-order valence-electron chi connectivity index (χ4n) is 1.62. The van der Waals surface area contributed by atoms with Gasteiger partial charge in [0.1, 0.15) is 16.5 Å². The number of ether oxygens (including phenoxy) is 1. The normalized spacial score (nSPS) is 10.3. The molecule has 2 rings (SSSR count). The van der Waals surface area contributed by atoms with E-state index in [1.807, 2.05) is 0 Å². The summed E-state index contributed by atoms with van der Waals surface area (Å²) in [6.07, 6.45) is 0. The Hall–Kier alpha value is -1.82. The van der Waals surface area contributed by atoms with E-state index in [1.165, 1.54) is 18.2 Å². The summed E-state index contributed by atoms with van der Waals surface area (Å²) < 4.78 is 5.63. The number of nitro groups is 1. The lowest BCUT2D eigenvalue weighted by Gasteiger charge is -2.10. The molecule has 0 bridgehead atoms. The molecule has 0 aliphatic heterocycles. The van der Waals surface area contributed by atoms with Crippen molar-refractivity contribution in [2.45, 2.75) is 6.54 Å². The molecule has 0 spiro atoms. The first-order chi connectivity index (χ1) is 9.51. The van der Waals surface area contributed by atoms with Gasteiger partial charge in [0, 0.05) is 29.3 Å². The van der Waals surface area contributed by atoms with Gasteiger partial charge in [-0.2, -0.15) is 0 Å². The van der Waals surface area contributed by atoms with Crippen LogP contribution >= 0.6 is 23.2 Å². The highest BCUT2D eigenvalue weighted by atomic mass is 35.5. The minimum Gasteiger partial charge on any atom is -0.457 e. The average Bonchev–Trinajstić information content (AvgIpc) is 2.38. The summed E-state index contributed by atoms with van der Waals surface area (Å²) in [6.45, 7) is 0.285. The van der Waals surface area contributed by atoms with Gasteiger partial charge in [-0.3, -0.25) is 10.1 Å². The van der Waals surface area contributed by atoms with Gasteiger partial charge >= 0.3 is 0 Å². The van der Waals surface area contributed by atoms with Crippen LogP contribution in [0.2, 0.25) is 10.0 Å². The maximum Gasteiger partial charge on any atom is 0.288 e. The molecule has 2 N–H and O–H groups in total. The Morgan fingerprint density at radius 1 is 1.20 bits per heavy atom. The largest absolute Gasteiger partial charge is 0.457 e. The number of rotatable bonds is 4. The Morgan fingerprint density at radius 2 is 1.95 bits per heavy atom. The van der Waals surface area contributed by atoms with Crippen molar-refractivity contribution in [3.05, 3.63) is 62.1 Å². The van der Waals surface area contributed by atoms with E-state index in [0.29, 0.717) is 16.5 Å². The molecule has 2 aromatic carbocycles. The summed E-state index contributed by atoms with van der Waals surface area (Å²) in [5.74, 6) is 0.863. The molecule has 2 aromatic rings. The lowest BCUT2D eigenvalue weighted by atomic mass is 10.2. The van der Waals surface area contributed by atoms with E-state index >= 15 is 0 Å². The summed E-state index contributed by atoms with van der Waals surface area (Å²) >= 11 is 11.7. The highest BCUT2D eigenvalue weighted by molar-refractivity contribution is 6.32. The van der Waals surface area contributed by atoms with Gasteiger partial charge in [0.25, 0.3) is 5.69 Å².